The van der Waals surface area contributed by atoms with Crippen LogP contribution in [0.15, 0.2) is 24.3 Å². The highest BCUT2D eigenvalue weighted by Crippen LogP contribution is 2.11. The number of amides is 1. The molecule has 0 spiro atoms. The second-order valence-corrected chi connectivity index (χ2v) is 4.51. The van der Waals surface area contributed by atoms with Crippen LogP contribution in [0, 0.1) is 3.57 Å². The highest BCUT2D eigenvalue weighted by molar-refractivity contribution is 14.1. The maximum atomic E-state index is 11.4. The smallest absolute Gasteiger partial charge is 0.242 e. The molecule has 82 valence electrons. The summed E-state index contributed by atoms with van der Waals surface area (Å²) in [4.78, 5) is 11.4. The van der Waals surface area contributed by atoms with Crippen molar-refractivity contribution in [3.8, 4) is 0 Å². The quantitative estimate of drug-likeness (QED) is 0.836. The lowest BCUT2D eigenvalue weighted by Gasteiger charge is -2.14. The first-order valence-corrected chi connectivity index (χ1v) is 6.01. The van der Waals surface area contributed by atoms with Gasteiger partial charge in [0.1, 0.15) is 6.04 Å². The SMILES string of the molecule is CCNC(=O)[C@H](C)Nc1ccc(I)cc1. The first-order chi connectivity index (χ1) is 7.13. The van der Waals surface area contributed by atoms with Crippen molar-refractivity contribution in [1.29, 1.82) is 0 Å². The van der Waals surface area contributed by atoms with E-state index < -0.39 is 0 Å². The van der Waals surface area contributed by atoms with Gasteiger partial charge in [0.25, 0.3) is 0 Å². The molecule has 1 rings (SSSR count). The van der Waals surface area contributed by atoms with E-state index in [1.54, 1.807) is 0 Å². The van der Waals surface area contributed by atoms with Gasteiger partial charge in [-0.3, -0.25) is 4.79 Å². The molecule has 1 aromatic rings. The highest BCUT2D eigenvalue weighted by atomic mass is 127. The van der Waals surface area contributed by atoms with Crippen molar-refractivity contribution in [1.82, 2.24) is 5.32 Å². The minimum Gasteiger partial charge on any atom is -0.374 e. The molecule has 15 heavy (non-hydrogen) atoms. The number of carbonyl (C=O) groups is 1. The Morgan fingerprint density at radius 2 is 2.00 bits per heavy atom. The number of hydrogen-bond donors (Lipinski definition) is 2. The third-order valence-corrected chi connectivity index (χ3v) is 2.69. The lowest BCUT2D eigenvalue weighted by atomic mass is 10.2. The zero-order valence-corrected chi connectivity index (χ0v) is 11.0. The number of halogens is 1. The molecule has 0 fully saturated rings. The van der Waals surface area contributed by atoms with Gasteiger partial charge in [0, 0.05) is 15.8 Å². The molecule has 2 N–H and O–H groups in total. The molecule has 0 aliphatic rings. The molecule has 1 amide bonds. The zero-order chi connectivity index (χ0) is 11.3. The van der Waals surface area contributed by atoms with Crippen LogP contribution in [-0.2, 0) is 4.79 Å². The average molecular weight is 318 g/mol. The van der Waals surface area contributed by atoms with E-state index >= 15 is 0 Å². The van der Waals surface area contributed by atoms with Crippen LogP contribution in [0.5, 0.6) is 0 Å². The summed E-state index contributed by atoms with van der Waals surface area (Å²) in [6.07, 6.45) is 0. The molecule has 0 unspecified atom stereocenters. The van der Waals surface area contributed by atoms with Gasteiger partial charge in [0.2, 0.25) is 5.91 Å². The predicted octanol–water partition coefficient (Wildman–Crippen LogP) is 2.23. The zero-order valence-electron chi connectivity index (χ0n) is 8.88. The van der Waals surface area contributed by atoms with Crippen LogP contribution in [-0.4, -0.2) is 18.5 Å². The second kappa shape index (κ2) is 5.95. The van der Waals surface area contributed by atoms with Crippen molar-refractivity contribution in [2.45, 2.75) is 19.9 Å². The van der Waals surface area contributed by atoms with Crippen LogP contribution >= 0.6 is 22.6 Å². The lowest BCUT2D eigenvalue weighted by molar-refractivity contribution is -0.121. The second-order valence-electron chi connectivity index (χ2n) is 3.27. The lowest BCUT2D eigenvalue weighted by Crippen LogP contribution is -2.37. The van der Waals surface area contributed by atoms with Gasteiger partial charge in [-0.1, -0.05) is 0 Å². The fourth-order valence-electron chi connectivity index (χ4n) is 1.19. The maximum absolute atomic E-state index is 11.4. The molecule has 0 saturated carbocycles. The van der Waals surface area contributed by atoms with Gasteiger partial charge in [0.05, 0.1) is 0 Å². The van der Waals surface area contributed by atoms with Crippen molar-refractivity contribution in [3.05, 3.63) is 27.8 Å². The van der Waals surface area contributed by atoms with E-state index in [4.69, 9.17) is 0 Å². The van der Waals surface area contributed by atoms with Crippen molar-refractivity contribution in [2.75, 3.05) is 11.9 Å². The standard InChI is InChI=1S/C11H15IN2O/c1-3-13-11(15)8(2)14-10-6-4-9(12)5-7-10/h4-8,14H,3H2,1-2H3,(H,13,15)/t8-/m0/s1. The summed E-state index contributed by atoms with van der Waals surface area (Å²) >= 11 is 2.25. The summed E-state index contributed by atoms with van der Waals surface area (Å²) in [6, 6.07) is 7.75. The molecule has 1 atom stereocenters. The number of anilines is 1. The van der Waals surface area contributed by atoms with Gasteiger partial charge >= 0.3 is 0 Å². The average Bonchev–Trinajstić information content (AvgIpc) is 2.22. The van der Waals surface area contributed by atoms with Crippen molar-refractivity contribution in [3.63, 3.8) is 0 Å². The Morgan fingerprint density at radius 1 is 1.40 bits per heavy atom. The summed E-state index contributed by atoms with van der Waals surface area (Å²) in [5.74, 6) is 0.0241. The minimum atomic E-state index is -0.204. The molecule has 0 aromatic heterocycles. The third-order valence-electron chi connectivity index (χ3n) is 1.97. The Labute approximate surface area is 104 Å². The van der Waals surface area contributed by atoms with Crippen LogP contribution in [0.4, 0.5) is 5.69 Å². The number of benzene rings is 1. The first-order valence-electron chi connectivity index (χ1n) is 4.93. The molecule has 0 aliphatic heterocycles. The number of likely N-dealkylation sites (N-methyl/N-ethyl adjacent to an activating group) is 1. The summed E-state index contributed by atoms with van der Waals surface area (Å²) in [6.45, 7) is 4.43. The Hall–Kier alpha value is -0.780. The third kappa shape index (κ3) is 4.07. The van der Waals surface area contributed by atoms with Gasteiger partial charge in [-0.15, -0.1) is 0 Å². The number of nitrogens with one attached hydrogen (secondary N) is 2. The topological polar surface area (TPSA) is 41.1 Å². The Kier molecular flexibility index (Phi) is 4.87. The molecule has 0 aliphatic carbocycles. The molecule has 0 saturated heterocycles. The Bertz CT molecular complexity index is 324. The monoisotopic (exact) mass is 318 g/mol. The van der Waals surface area contributed by atoms with E-state index in [2.05, 4.69) is 33.2 Å². The Morgan fingerprint density at radius 3 is 2.53 bits per heavy atom. The Balaban J connectivity index is 2.54. The number of hydrogen-bond acceptors (Lipinski definition) is 2. The minimum absolute atomic E-state index is 0.0241. The molecule has 0 bridgehead atoms. The van der Waals surface area contributed by atoms with Gasteiger partial charge in [-0.25, -0.2) is 0 Å². The van der Waals surface area contributed by atoms with E-state index in [0.717, 1.165) is 5.69 Å². The molecular formula is C11H15IN2O. The van der Waals surface area contributed by atoms with E-state index in [0.29, 0.717) is 6.54 Å². The highest BCUT2D eigenvalue weighted by Gasteiger charge is 2.10. The van der Waals surface area contributed by atoms with Gasteiger partial charge in [-0.05, 0) is 60.7 Å². The summed E-state index contributed by atoms with van der Waals surface area (Å²) < 4.78 is 1.18. The molecule has 3 nitrogen and oxygen atoms in total. The predicted molar refractivity (Wildman–Crippen MR) is 70.9 cm³/mol. The van der Waals surface area contributed by atoms with Crippen LogP contribution < -0.4 is 10.6 Å². The van der Waals surface area contributed by atoms with Gasteiger partial charge in [-0.2, -0.15) is 0 Å². The van der Waals surface area contributed by atoms with Gasteiger partial charge in [0.15, 0.2) is 0 Å². The normalized spacial score (nSPS) is 11.9. The van der Waals surface area contributed by atoms with E-state index in [-0.39, 0.29) is 11.9 Å². The van der Waals surface area contributed by atoms with Crippen LogP contribution in [0.2, 0.25) is 0 Å². The summed E-state index contributed by atoms with van der Waals surface area (Å²) in [5.41, 5.74) is 0.967. The van der Waals surface area contributed by atoms with Crippen molar-refractivity contribution < 1.29 is 4.79 Å². The molecule has 4 heteroatoms. The van der Waals surface area contributed by atoms with Crippen LogP contribution in [0.3, 0.4) is 0 Å². The first kappa shape index (κ1) is 12.3. The van der Waals surface area contributed by atoms with Crippen molar-refractivity contribution in [2.24, 2.45) is 0 Å². The van der Waals surface area contributed by atoms with Crippen LogP contribution in [0.1, 0.15) is 13.8 Å². The summed E-state index contributed by atoms with van der Waals surface area (Å²) in [5, 5.41) is 5.91. The van der Waals surface area contributed by atoms with Gasteiger partial charge < -0.3 is 10.6 Å². The fraction of sp³-hybridized carbons (Fsp3) is 0.364. The molecule has 0 radical (unpaired) electrons. The number of rotatable bonds is 4. The van der Waals surface area contributed by atoms with E-state index in [1.807, 2.05) is 38.1 Å². The molecule has 1 aromatic carbocycles. The van der Waals surface area contributed by atoms with E-state index in [9.17, 15) is 4.79 Å². The fourth-order valence-corrected chi connectivity index (χ4v) is 1.55. The van der Waals surface area contributed by atoms with E-state index in [1.165, 1.54) is 3.57 Å². The maximum Gasteiger partial charge on any atom is 0.242 e. The molecule has 0 heterocycles. The molecular weight excluding hydrogens is 303 g/mol. The number of carbonyl (C=O) groups excluding carboxylic acids is 1. The van der Waals surface area contributed by atoms with Crippen molar-refractivity contribution >= 4 is 34.2 Å². The summed E-state index contributed by atoms with van der Waals surface area (Å²) in [7, 11) is 0. The van der Waals surface area contributed by atoms with Crippen LogP contribution in [0.25, 0.3) is 0 Å². The largest absolute Gasteiger partial charge is 0.374 e.